The first-order valence-corrected chi connectivity index (χ1v) is 9.70. The molecule has 1 fully saturated rings. The molecule has 28 heavy (non-hydrogen) atoms. The number of aldehydes is 1. The number of carbonyl (C=O) groups excluding carboxylic acids is 1. The fourth-order valence-corrected chi connectivity index (χ4v) is 3.43. The number of rotatable bonds is 8. The van der Waals surface area contributed by atoms with Gasteiger partial charge in [-0.05, 0) is 64.0 Å². The van der Waals surface area contributed by atoms with Crippen LogP contribution in [0.5, 0.6) is 5.75 Å². The van der Waals surface area contributed by atoms with Crippen molar-refractivity contribution in [2.45, 2.75) is 32.7 Å². The first-order chi connectivity index (χ1) is 13.6. The summed E-state index contributed by atoms with van der Waals surface area (Å²) in [4.78, 5) is 13.5. The van der Waals surface area contributed by atoms with Crippen molar-refractivity contribution in [3.8, 4) is 17.0 Å². The summed E-state index contributed by atoms with van der Waals surface area (Å²) >= 11 is 0. The Labute approximate surface area is 166 Å². The summed E-state index contributed by atoms with van der Waals surface area (Å²) in [6.07, 6.45) is 3.11. The highest BCUT2D eigenvalue weighted by Gasteiger charge is 2.18. The van der Waals surface area contributed by atoms with Crippen LogP contribution in [0.2, 0.25) is 0 Å². The summed E-state index contributed by atoms with van der Waals surface area (Å²) in [7, 11) is 2.14. The van der Waals surface area contributed by atoms with Crippen LogP contribution in [0.4, 0.5) is 5.82 Å². The van der Waals surface area contributed by atoms with E-state index < -0.39 is 0 Å². The number of carbonyl (C=O) groups is 1. The van der Waals surface area contributed by atoms with E-state index >= 15 is 0 Å². The van der Waals surface area contributed by atoms with Gasteiger partial charge in [-0.1, -0.05) is 6.07 Å². The first-order valence-electron chi connectivity index (χ1n) is 9.70. The lowest BCUT2D eigenvalue weighted by molar-refractivity contribution is 0.0227. The molecule has 1 aromatic carbocycles. The van der Waals surface area contributed by atoms with Gasteiger partial charge in [0, 0.05) is 30.3 Å². The number of piperidine rings is 1. The van der Waals surface area contributed by atoms with Gasteiger partial charge in [0.25, 0.3) is 0 Å². The SMILES string of the molecule is CCOCOc1cc(C=O)ccc1-c1nnc(N[C@@H]2CCCN(C)C2)cc1C. The molecule has 1 aromatic heterocycles. The monoisotopic (exact) mass is 384 g/mol. The lowest BCUT2D eigenvalue weighted by Gasteiger charge is -2.30. The highest BCUT2D eigenvalue weighted by atomic mass is 16.7. The van der Waals surface area contributed by atoms with Gasteiger partial charge >= 0.3 is 0 Å². The number of aromatic nitrogens is 2. The number of nitrogens with one attached hydrogen (secondary N) is 1. The molecule has 7 heteroatoms. The Bertz CT molecular complexity index is 812. The number of benzene rings is 1. The third-order valence-electron chi connectivity index (χ3n) is 4.86. The van der Waals surface area contributed by atoms with E-state index in [9.17, 15) is 4.79 Å². The van der Waals surface area contributed by atoms with Gasteiger partial charge < -0.3 is 19.7 Å². The minimum atomic E-state index is 0.118. The number of anilines is 1. The second-order valence-corrected chi connectivity index (χ2v) is 7.14. The molecule has 1 aliphatic heterocycles. The predicted molar refractivity (Wildman–Crippen MR) is 109 cm³/mol. The third-order valence-corrected chi connectivity index (χ3v) is 4.86. The van der Waals surface area contributed by atoms with Crippen molar-refractivity contribution >= 4 is 12.1 Å². The fraction of sp³-hybridized carbons (Fsp3) is 0.476. The molecule has 1 aliphatic rings. The number of hydrogen-bond acceptors (Lipinski definition) is 7. The lowest BCUT2D eigenvalue weighted by Crippen LogP contribution is -2.39. The molecule has 0 saturated carbocycles. The summed E-state index contributed by atoms with van der Waals surface area (Å²) in [5.41, 5.74) is 3.05. The van der Waals surface area contributed by atoms with Gasteiger partial charge in [0.1, 0.15) is 17.9 Å². The molecule has 150 valence electrons. The summed E-state index contributed by atoms with van der Waals surface area (Å²) in [5.74, 6) is 1.34. The molecule has 7 nitrogen and oxygen atoms in total. The van der Waals surface area contributed by atoms with Gasteiger partial charge in [-0.2, -0.15) is 0 Å². The molecule has 0 unspecified atom stereocenters. The van der Waals surface area contributed by atoms with E-state index in [1.807, 2.05) is 26.0 Å². The van der Waals surface area contributed by atoms with Crippen molar-refractivity contribution < 1.29 is 14.3 Å². The van der Waals surface area contributed by atoms with Gasteiger partial charge in [-0.15, -0.1) is 10.2 Å². The quantitative estimate of drug-likeness (QED) is 0.426. The normalized spacial score (nSPS) is 17.3. The van der Waals surface area contributed by atoms with Crippen molar-refractivity contribution in [1.29, 1.82) is 0 Å². The maximum Gasteiger partial charge on any atom is 0.189 e. The number of likely N-dealkylation sites (tertiary alicyclic amines) is 1. The summed E-state index contributed by atoms with van der Waals surface area (Å²) < 4.78 is 11.0. The molecule has 0 aliphatic carbocycles. The van der Waals surface area contributed by atoms with Gasteiger partial charge in [0.15, 0.2) is 6.79 Å². The largest absolute Gasteiger partial charge is 0.467 e. The van der Waals surface area contributed by atoms with Crippen molar-refractivity contribution in [1.82, 2.24) is 15.1 Å². The van der Waals surface area contributed by atoms with E-state index in [0.717, 1.165) is 48.4 Å². The van der Waals surface area contributed by atoms with Gasteiger partial charge in [0.2, 0.25) is 0 Å². The maximum atomic E-state index is 11.1. The van der Waals surface area contributed by atoms with Crippen molar-refractivity contribution in [2.24, 2.45) is 0 Å². The zero-order chi connectivity index (χ0) is 19.9. The Morgan fingerprint density at radius 3 is 2.89 bits per heavy atom. The van der Waals surface area contributed by atoms with Crippen molar-refractivity contribution in [2.75, 3.05) is 38.9 Å². The van der Waals surface area contributed by atoms with Gasteiger partial charge in [-0.25, -0.2) is 0 Å². The number of nitrogens with zero attached hydrogens (tertiary/aromatic N) is 3. The predicted octanol–water partition coefficient (Wildman–Crippen LogP) is 3.14. The van der Waals surface area contributed by atoms with Crippen LogP contribution in [-0.4, -0.2) is 61.0 Å². The molecule has 2 aromatic rings. The molecule has 1 atom stereocenters. The molecule has 3 rings (SSSR count). The Balaban J connectivity index is 1.82. The van der Waals surface area contributed by atoms with E-state index in [1.165, 1.54) is 6.42 Å². The highest BCUT2D eigenvalue weighted by molar-refractivity contribution is 5.80. The zero-order valence-electron chi connectivity index (χ0n) is 16.8. The Morgan fingerprint density at radius 2 is 2.18 bits per heavy atom. The number of hydrogen-bond donors (Lipinski definition) is 1. The van der Waals surface area contributed by atoms with E-state index in [2.05, 4.69) is 27.5 Å². The van der Waals surface area contributed by atoms with Crippen LogP contribution in [0.3, 0.4) is 0 Å². The van der Waals surface area contributed by atoms with Gasteiger partial charge in [-0.3, -0.25) is 4.79 Å². The number of likely N-dealkylation sites (N-methyl/N-ethyl adjacent to an activating group) is 1. The minimum absolute atomic E-state index is 0.118. The lowest BCUT2D eigenvalue weighted by atomic mass is 10.0. The van der Waals surface area contributed by atoms with Crippen LogP contribution < -0.4 is 10.1 Å². The molecule has 0 spiro atoms. The van der Waals surface area contributed by atoms with Gasteiger partial charge in [0.05, 0.1) is 5.69 Å². The Morgan fingerprint density at radius 1 is 1.32 bits per heavy atom. The van der Waals surface area contributed by atoms with Crippen molar-refractivity contribution in [3.05, 3.63) is 35.4 Å². The Kier molecular flexibility index (Phi) is 6.95. The fourth-order valence-electron chi connectivity index (χ4n) is 3.43. The van der Waals surface area contributed by atoms with Crippen molar-refractivity contribution in [3.63, 3.8) is 0 Å². The molecule has 0 radical (unpaired) electrons. The maximum absolute atomic E-state index is 11.1. The van der Waals surface area contributed by atoms with E-state index in [1.54, 1.807) is 12.1 Å². The topological polar surface area (TPSA) is 76.6 Å². The second kappa shape index (κ2) is 9.61. The smallest absolute Gasteiger partial charge is 0.189 e. The third kappa shape index (κ3) is 5.05. The summed E-state index contributed by atoms with van der Waals surface area (Å²) in [5, 5.41) is 12.3. The van der Waals surface area contributed by atoms with Crippen LogP contribution >= 0.6 is 0 Å². The average molecular weight is 384 g/mol. The van der Waals surface area contributed by atoms with E-state index in [0.29, 0.717) is 24.0 Å². The van der Waals surface area contributed by atoms with Crippen LogP contribution in [0, 0.1) is 6.92 Å². The number of aryl methyl sites for hydroxylation is 1. The first kappa shape index (κ1) is 20.2. The number of ether oxygens (including phenoxy) is 2. The van der Waals surface area contributed by atoms with Crippen LogP contribution in [-0.2, 0) is 4.74 Å². The van der Waals surface area contributed by atoms with E-state index in [-0.39, 0.29) is 6.79 Å². The summed E-state index contributed by atoms with van der Waals surface area (Å²) in [6.45, 7) is 6.72. The Hall–Kier alpha value is -2.51. The molecule has 1 saturated heterocycles. The van der Waals surface area contributed by atoms with Crippen LogP contribution in [0.15, 0.2) is 24.3 Å². The minimum Gasteiger partial charge on any atom is -0.467 e. The zero-order valence-corrected chi connectivity index (χ0v) is 16.8. The van der Waals surface area contributed by atoms with Crippen LogP contribution in [0.25, 0.3) is 11.3 Å². The molecule has 0 bridgehead atoms. The summed E-state index contributed by atoms with van der Waals surface area (Å²) in [6, 6.07) is 7.69. The second-order valence-electron chi connectivity index (χ2n) is 7.14. The average Bonchev–Trinajstić information content (AvgIpc) is 2.68. The standard InChI is InChI=1S/C21H28N4O3/c1-4-27-14-28-19-11-16(13-26)7-8-18(19)21-15(2)10-20(23-24-21)22-17-6-5-9-25(3)12-17/h7-8,10-11,13,17H,4-6,9,12,14H2,1-3H3,(H,22,23)/t17-/m1/s1. The molecular weight excluding hydrogens is 356 g/mol. The van der Waals surface area contributed by atoms with Crippen LogP contribution in [0.1, 0.15) is 35.7 Å². The molecule has 1 N–H and O–H groups in total. The van der Waals surface area contributed by atoms with E-state index in [4.69, 9.17) is 9.47 Å². The molecular formula is C21H28N4O3. The highest BCUT2D eigenvalue weighted by Crippen LogP contribution is 2.32. The molecule has 2 heterocycles. The molecule has 0 amide bonds.